The number of anilines is 1. The number of esters is 1. The SMILES string of the molecule is CS(=O)(=O)N1CCCc2cc(C(=O)COC(=O)Cc3ccc(-c4ccccc4)cc3)ccc21. The van der Waals surface area contributed by atoms with E-state index in [-0.39, 0.29) is 18.8 Å². The van der Waals surface area contributed by atoms with Crippen molar-refractivity contribution in [2.75, 3.05) is 23.7 Å². The maximum absolute atomic E-state index is 12.6. The van der Waals surface area contributed by atoms with Crippen molar-refractivity contribution in [2.24, 2.45) is 0 Å². The molecule has 6 nitrogen and oxygen atoms in total. The summed E-state index contributed by atoms with van der Waals surface area (Å²) >= 11 is 0. The quantitative estimate of drug-likeness (QED) is 0.390. The zero-order valence-electron chi connectivity index (χ0n) is 18.4. The minimum absolute atomic E-state index is 0.0792. The highest BCUT2D eigenvalue weighted by Gasteiger charge is 2.24. The number of ether oxygens (including phenoxy) is 1. The van der Waals surface area contributed by atoms with Gasteiger partial charge in [0.05, 0.1) is 18.4 Å². The first kappa shape index (κ1) is 22.7. The topological polar surface area (TPSA) is 80.8 Å². The fourth-order valence-electron chi connectivity index (χ4n) is 3.97. The third-order valence-electron chi connectivity index (χ3n) is 5.65. The van der Waals surface area contributed by atoms with Crippen LogP contribution in [0.15, 0.2) is 72.8 Å². The summed E-state index contributed by atoms with van der Waals surface area (Å²) in [5, 5.41) is 0. The van der Waals surface area contributed by atoms with Crippen molar-refractivity contribution in [3.63, 3.8) is 0 Å². The van der Waals surface area contributed by atoms with Gasteiger partial charge in [0.15, 0.2) is 12.4 Å². The number of Topliss-reactive ketones (excluding diaryl/α,β-unsaturated/α-hetero) is 1. The first-order valence-electron chi connectivity index (χ1n) is 10.7. The Morgan fingerprint density at radius 2 is 1.64 bits per heavy atom. The Balaban J connectivity index is 1.35. The molecule has 0 radical (unpaired) electrons. The number of fused-ring (bicyclic) bond motifs is 1. The molecule has 0 aromatic heterocycles. The maximum atomic E-state index is 12.6. The van der Waals surface area contributed by atoms with Gasteiger partial charge in [-0.2, -0.15) is 0 Å². The summed E-state index contributed by atoms with van der Waals surface area (Å²) in [4.78, 5) is 24.8. The smallest absolute Gasteiger partial charge is 0.310 e. The summed E-state index contributed by atoms with van der Waals surface area (Å²) in [5.74, 6) is -0.793. The summed E-state index contributed by atoms with van der Waals surface area (Å²) < 4.78 is 30.5. The van der Waals surface area contributed by atoms with E-state index in [2.05, 4.69) is 0 Å². The molecule has 3 aromatic rings. The number of sulfonamides is 1. The van der Waals surface area contributed by atoms with Crippen LogP contribution in [-0.2, 0) is 32.4 Å². The molecular weight excluding hydrogens is 438 g/mol. The summed E-state index contributed by atoms with van der Waals surface area (Å²) in [6, 6.07) is 22.6. The molecule has 0 bridgehead atoms. The number of rotatable bonds is 7. The average molecular weight is 464 g/mol. The van der Waals surface area contributed by atoms with Gasteiger partial charge in [0.1, 0.15) is 0 Å². The summed E-state index contributed by atoms with van der Waals surface area (Å²) in [6.07, 6.45) is 2.64. The van der Waals surface area contributed by atoms with E-state index in [0.717, 1.165) is 22.3 Å². The molecule has 0 N–H and O–H groups in total. The van der Waals surface area contributed by atoms with Crippen molar-refractivity contribution in [1.82, 2.24) is 0 Å². The molecule has 7 heteroatoms. The number of hydrogen-bond acceptors (Lipinski definition) is 5. The molecule has 0 atom stereocenters. The van der Waals surface area contributed by atoms with Gasteiger partial charge in [0, 0.05) is 12.1 Å². The lowest BCUT2D eigenvalue weighted by molar-refractivity contribution is -0.141. The van der Waals surface area contributed by atoms with Gasteiger partial charge in [0.2, 0.25) is 10.0 Å². The zero-order chi connectivity index (χ0) is 23.4. The van der Waals surface area contributed by atoms with E-state index >= 15 is 0 Å². The van der Waals surface area contributed by atoms with Gasteiger partial charge >= 0.3 is 5.97 Å². The third kappa shape index (κ3) is 5.49. The van der Waals surface area contributed by atoms with E-state index in [1.54, 1.807) is 18.2 Å². The van der Waals surface area contributed by atoms with Crippen molar-refractivity contribution < 1.29 is 22.7 Å². The molecule has 0 unspecified atom stereocenters. The van der Waals surface area contributed by atoms with Crippen molar-refractivity contribution in [3.05, 3.63) is 89.5 Å². The van der Waals surface area contributed by atoms with Gasteiger partial charge in [-0.05, 0) is 53.3 Å². The van der Waals surface area contributed by atoms with Crippen LogP contribution in [0.4, 0.5) is 5.69 Å². The summed E-state index contributed by atoms with van der Waals surface area (Å²) in [7, 11) is -3.36. The molecule has 4 rings (SSSR count). The zero-order valence-corrected chi connectivity index (χ0v) is 19.2. The Hall–Kier alpha value is -3.45. The average Bonchev–Trinajstić information content (AvgIpc) is 2.82. The van der Waals surface area contributed by atoms with Crippen LogP contribution < -0.4 is 4.31 Å². The first-order chi connectivity index (χ1) is 15.8. The summed E-state index contributed by atoms with van der Waals surface area (Å²) in [6.45, 7) is 0.0819. The molecule has 1 heterocycles. The molecule has 33 heavy (non-hydrogen) atoms. The van der Waals surface area contributed by atoms with E-state index < -0.39 is 16.0 Å². The van der Waals surface area contributed by atoms with E-state index in [4.69, 9.17) is 4.74 Å². The highest BCUT2D eigenvalue weighted by Crippen LogP contribution is 2.30. The number of carbonyl (C=O) groups is 2. The minimum atomic E-state index is -3.36. The number of ketones is 1. The van der Waals surface area contributed by atoms with Gasteiger partial charge in [0.25, 0.3) is 0 Å². The summed E-state index contributed by atoms with van der Waals surface area (Å²) in [5.41, 5.74) is 4.79. The lowest BCUT2D eigenvalue weighted by atomic mass is 9.99. The normalized spacial score (nSPS) is 13.3. The van der Waals surface area contributed by atoms with Gasteiger partial charge in [-0.25, -0.2) is 8.42 Å². The Kier molecular flexibility index (Phi) is 6.60. The van der Waals surface area contributed by atoms with Gasteiger partial charge in [-0.1, -0.05) is 54.6 Å². The van der Waals surface area contributed by atoms with Crippen LogP contribution in [0.1, 0.15) is 27.9 Å². The Bertz CT molecular complexity index is 1270. The maximum Gasteiger partial charge on any atom is 0.310 e. The fraction of sp³-hybridized carbons (Fsp3) is 0.231. The van der Waals surface area contributed by atoms with Crippen LogP contribution in [-0.4, -0.2) is 39.6 Å². The van der Waals surface area contributed by atoms with Crippen molar-refractivity contribution in [2.45, 2.75) is 19.3 Å². The van der Waals surface area contributed by atoms with Gasteiger partial charge in [-0.3, -0.25) is 13.9 Å². The second-order valence-electron chi connectivity index (χ2n) is 8.11. The van der Waals surface area contributed by atoms with Gasteiger partial charge in [-0.15, -0.1) is 0 Å². The molecule has 1 aliphatic rings. The lowest BCUT2D eigenvalue weighted by Crippen LogP contribution is -2.34. The van der Waals surface area contributed by atoms with Crippen LogP contribution in [0.25, 0.3) is 11.1 Å². The first-order valence-corrected chi connectivity index (χ1v) is 12.6. The van der Waals surface area contributed by atoms with Crippen LogP contribution in [0.3, 0.4) is 0 Å². The molecule has 0 saturated carbocycles. The molecule has 0 saturated heterocycles. The molecule has 1 aliphatic heterocycles. The Labute approximate surface area is 193 Å². The second-order valence-corrected chi connectivity index (χ2v) is 10.0. The van der Waals surface area contributed by atoms with Crippen LogP contribution in [0.2, 0.25) is 0 Å². The molecule has 3 aromatic carbocycles. The van der Waals surface area contributed by atoms with Gasteiger partial charge < -0.3 is 4.74 Å². The number of benzene rings is 3. The minimum Gasteiger partial charge on any atom is -0.457 e. The third-order valence-corrected chi connectivity index (χ3v) is 6.83. The highest BCUT2D eigenvalue weighted by molar-refractivity contribution is 7.92. The van der Waals surface area contributed by atoms with E-state index in [1.165, 1.54) is 10.6 Å². The highest BCUT2D eigenvalue weighted by atomic mass is 32.2. The molecular formula is C26H25NO5S. The predicted octanol–water partition coefficient (Wildman–Crippen LogP) is 4.03. The Morgan fingerprint density at radius 1 is 0.939 bits per heavy atom. The molecule has 0 aliphatic carbocycles. The van der Waals surface area contributed by atoms with Crippen molar-refractivity contribution in [3.8, 4) is 11.1 Å². The van der Waals surface area contributed by atoms with E-state index in [0.29, 0.717) is 30.6 Å². The largest absolute Gasteiger partial charge is 0.457 e. The lowest BCUT2D eigenvalue weighted by Gasteiger charge is -2.29. The number of aryl methyl sites for hydroxylation is 1. The standard InChI is InChI=1S/C26H25NO5S/c1-33(30,31)27-15-5-8-22-17-23(13-14-24(22)27)25(28)18-32-26(29)16-19-9-11-21(12-10-19)20-6-3-2-4-7-20/h2-4,6-7,9-14,17H,5,8,15-16,18H2,1H3. The van der Waals surface area contributed by atoms with Crippen LogP contribution in [0.5, 0.6) is 0 Å². The molecule has 0 amide bonds. The van der Waals surface area contributed by atoms with Crippen molar-refractivity contribution >= 4 is 27.5 Å². The molecule has 0 fully saturated rings. The fourth-order valence-corrected chi connectivity index (χ4v) is 4.97. The second kappa shape index (κ2) is 9.58. The number of carbonyl (C=O) groups excluding carboxylic acids is 2. The molecule has 0 spiro atoms. The van der Waals surface area contributed by atoms with Crippen molar-refractivity contribution in [1.29, 1.82) is 0 Å². The number of hydrogen-bond donors (Lipinski definition) is 0. The monoisotopic (exact) mass is 463 g/mol. The predicted molar refractivity (Wildman–Crippen MR) is 128 cm³/mol. The number of nitrogens with zero attached hydrogens (tertiary/aromatic N) is 1. The van der Waals surface area contributed by atoms with Crippen LogP contribution in [0, 0.1) is 0 Å². The molecule has 170 valence electrons. The van der Waals surface area contributed by atoms with E-state index in [1.807, 2.05) is 54.6 Å². The Morgan fingerprint density at radius 3 is 2.33 bits per heavy atom. The van der Waals surface area contributed by atoms with Crippen LogP contribution >= 0.6 is 0 Å². The van der Waals surface area contributed by atoms with E-state index in [9.17, 15) is 18.0 Å².